The van der Waals surface area contributed by atoms with E-state index < -0.39 is 0 Å². The van der Waals surface area contributed by atoms with Crippen molar-refractivity contribution >= 4 is 29.9 Å². The largest absolute Gasteiger partial charge is 0.355 e. The minimum Gasteiger partial charge on any atom is -0.355 e. The lowest BCUT2D eigenvalue weighted by Crippen LogP contribution is -2.51. The molecule has 0 bridgehead atoms. The van der Waals surface area contributed by atoms with Crippen molar-refractivity contribution in [2.45, 2.75) is 72.0 Å². The molecule has 0 saturated carbocycles. The van der Waals surface area contributed by atoms with Gasteiger partial charge in [0.15, 0.2) is 11.8 Å². The molecule has 3 rings (SSSR count). The van der Waals surface area contributed by atoms with Crippen LogP contribution in [0.4, 0.5) is 0 Å². The predicted octanol–water partition coefficient (Wildman–Crippen LogP) is 2.38. The van der Waals surface area contributed by atoms with Gasteiger partial charge >= 0.3 is 0 Å². The molecule has 1 unspecified atom stereocenters. The quantitative estimate of drug-likeness (QED) is 0.297. The summed E-state index contributed by atoms with van der Waals surface area (Å²) in [6.07, 6.45) is 4.90. The van der Waals surface area contributed by atoms with Crippen molar-refractivity contribution in [1.82, 2.24) is 35.2 Å². The summed E-state index contributed by atoms with van der Waals surface area (Å²) in [6, 6.07) is 1.08. The van der Waals surface area contributed by atoms with Gasteiger partial charge in [-0.25, -0.2) is 4.99 Å². The van der Waals surface area contributed by atoms with E-state index in [0.717, 1.165) is 49.7 Å². The molecule has 1 aromatic heterocycles. The minimum atomic E-state index is 0. The van der Waals surface area contributed by atoms with E-state index in [0.29, 0.717) is 18.6 Å². The molecule has 3 heterocycles. The normalized spacial score (nSPS) is 21.5. The third kappa shape index (κ3) is 7.85. The van der Waals surface area contributed by atoms with E-state index in [9.17, 15) is 0 Å². The zero-order valence-corrected chi connectivity index (χ0v) is 22.4. The van der Waals surface area contributed by atoms with E-state index in [4.69, 9.17) is 4.99 Å². The number of aliphatic imine (C=N–C) groups is 1. The maximum Gasteiger partial charge on any atom is 0.191 e. The Balaban J connectivity index is 0.00000341. The molecule has 31 heavy (non-hydrogen) atoms. The Bertz CT molecular complexity index is 681. The van der Waals surface area contributed by atoms with Crippen LogP contribution in [0.5, 0.6) is 0 Å². The zero-order chi connectivity index (χ0) is 21.5. The van der Waals surface area contributed by atoms with Crippen molar-refractivity contribution < 1.29 is 0 Å². The molecule has 2 saturated heterocycles. The van der Waals surface area contributed by atoms with Gasteiger partial charge in [0.05, 0.1) is 0 Å². The van der Waals surface area contributed by atoms with Crippen molar-refractivity contribution in [3.63, 3.8) is 0 Å². The zero-order valence-electron chi connectivity index (χ0n) is 20.1. The van der Waals surface area contributed by atoms with Crippen LogP contribution < -0.4 is 10.6 Å². The highest BCUT2D eigenvalue weighted by Crippen LogP contribution is 2.16. The van der Waals surface area contributed by atoms with Gasteiger partial charge in [0.25, 0.3) is 0 Å². The highest BCUT2D eigenvalue weighted by molar-refractivity contribution is 14.0. The predicted molar refractivity (Wildman–Crippen MR) is 138 cm³/mol. The number of nitrogens with one attached hydrogen (secondary N) is 2. The standard InChI is InChI=1S/C22H42N8.HI/c1-6-30-11-7-8-20(30)14-23-22(24-15-21-27-26-18(4)28(21)5)25-19-9-12-29(13-10-19)16-17(2)3;/h17,19-20H,6-16H2,1-5H3,(H2,23,24,25);1H. The Labute approximate surface area is 205 Å². The van der Waals surface area contributed by atoms with Crippen LogP contribution in [0.15, 0.2) is 4.99 Å². The third-order valence-corrected chi connectivity index (χ3v) is 6.52. The number of aromatic nitrogens is 3. The minimum absolute atomic E-state index is 0. The van der Waals surface area contributed by atoms with E-state index in [2.05, 4.69) is 51.4 Å². The average molecular weight is 547 g/mol. The lowest BCUT2D eigenvalue weighted by atomic mass is 10.0. The second-order valence-corrected chi connectivity index (χ2v) is 9.31. The number of guanidine groups is 1. The summed E-state index contributed by atoms with van der Waals surface area (Å²) >= 11 is 0. The maximum atomic E-state index is 4.88. The second kappa shape index (κ2) is 12.9. The Hall–Kier alpha value is -0.940. The molecule has 2 aliphatic rings. The molecule has 0 aromatic carbocycles. The van der Waals surface area contributed by atoms with E-state index >= 15 is 0 Å². The molecule has 8 nitrogen and oxygen atoms in total. The summed E-state index contributed by atoms with van der Waals surface area (Å²) in [7, 11) is 2.00. The highest BCUT2D eigenvalue weighted by atomic mass is 127. The first-order chi connectivity index (χ1) is 14.5. The van der Waals surface area contributed by atoms with E-state index in [1.165, 1.54) is 38.8 Å². The van der Waals surface area contributed by atoms with Crippen LogP contribution >= 0.6 is 24.0 Å². The first kappa shape index (κ1) is 26.3. The van der Waals surface area contributed by atoms with Crippen molar-refractivity contribution in [3.8, 4) is 0 Å². The van der Waals surface area contributed by atoms with Crippen molar-refractivity contribution in [2.75, 3.05) is 39.3 Å². The number of hydrogen-bond acceptors (Lipinski definition) is 5. The van der Waals surface area contributed by atoms with Gasteiger partial charge in [0, 0.05) is 45.3 Å². The van der Waals surface area contributed by atoms with Gasteiger partial charge < -0.3 is 20.1 Å². The van der Waals surface area contributed by atoms with Crippen LogP contribution in [-0.2, 0) is 13.6 Å². The smallest absolute Gasteiger partial charge is 0.191 e. The number of nitrogens with zero attached hydrogens (tertiary/aromatic N) is 6. The summed E-state index contributed by atoms with van der Waals surface area (Å²) in [5.74, 6) is 3.47. The molecule has 0 spiro atoms. The number of likely N-dealkylation sites (tertiary alicyclic amines) is 2. The van der Waals surface area contributed by atoms with Crippen LogP contribution in [-0.4, -0.2) is 81.9 Å². The van der Waals surface area contributed by atoms with Gasteiger partial charge in [-0.2, -0.15) is 0 Å². The molecule has 1 aromatic rings. The highest BCUT2D eigenvalue weighted by Gasteiger charge is 2.24. The molecule has 0 amide bonds. The second-order valence-electron chi connectivity index (χ2n) is 9.31. The Kier molecular flexibility index (Phi) is 11.0. The van der Waals surface area contributed by atoms with Gasteiger partial charge in [0.2, 0.25) is 0 Å². The maximum absolute atomic E-state index is 4.88. The molecule has 178 valence electrons. The van der Waals surface area contributed by atoms with Gasteiger partial charge in [-0.1, -0.05) is 20.8 Å². The van der Waals surface area contributed by atoms with Gasteiger partial charge in [-0.3, -0.25) is 4.90 Å². The Morgan fingerprint density at radius 1 is 1.16 bits per heavy atom. The molecule has 2 N–H and O–H groups in total. The topological polar surface area (TPSA) is 73.6 Å². The number of halogens is 1. The van der Waals surface area contributed by atoms with E-state index in [1.54, 1.807) is 0 Å². The van der Waals surface area contributed by atoms with Crippen molar-refractivity contribution in [2.24, 2.45) is 18.0 Å². The van der Waals surface area contributed by atoms with E-state index in [1.807, 2.05) is 18.5 Å². The van der Waals surface area contributed by atoms with Crippen LogP contribution in [0.25, 0.3) is 0 Å². The molecule has 1 atom stereocenters. The monoisotopic (exact) mass is 546 g/mol. The molecule has 2 fully saturated rings. The summed E-state index contributed by atoms with van der Waals surface area (Å²) in [5.41, 5.74) is 0. The lowest BCUT2D eigenvalue weighted by Gasteiger charge is -2.34. The summed E-state index contributed by atoms with van der Waals surface area (Å²) in [6.45, 7) is 16.2. The molecule has 2 aliphatic heterocycles. The van der Waals surface area contributed by atoms with Gasteiger partial charge in [-0.15, -0.1) is 34.2 Å². The molecule has 9 heteroatoms. The Morgan fingerprint density at radius 2 is 1.90 bits per heavy atom. The summed E-state index contributed by atoms with van der Waals surface area (Å²) in [4.78, 5) is 10.0. The van der Waals surface area contributed by atoms with Crippen molar-refractivity contribution in [1.29, 1.82) is 0 Å². The first-order valence-corrected chi connectivity index (χ1v) is 11.8. The molecule has 0 aliphatic carbocycles. The first-order valence-electron chi connectivity index (χ1n) is 11.8. The van der Waals surface area contributed by atoms with Crippen LogP contribution in [0, 0.1) is 12.8 Å². The average Bonchev–Trinajstić information content (AvgIpc) is 3.31. The van der Waals surface area contributed by atoms with Crippen LogP contribution in [0.1, 0.15) is 58.1 Å². The van der Waals surface area contributed by atoms with Gasteiger partial charge in [0.1, 0.15) is 12.4 Å². The number of hydrogen-bond donors (Lipinski definition) is 2. The molecular weight excluding hydrogens is 503 g/mol. The van der Waals surface area contributed by atoms with E-state index in [-0.39, 0.29) is 24.0 Å². The molecule has 0 radical (unpaired) electrons. The fourth-order valence-electron chi connectivity index (χ4n) is 4.62. The Morgan fingerprint density at radius 3 is 2.52 bits per heavy atom. The SMILES string of the molecule is CCN1CCCC1CNC(=NCc1nnc(C)n1C)NC1CCN(CC(C)C)CC1.I. The summed E-state index contributed by atoms with van der Waals surface area (Å²) < 4.78 is 2.02. The third-order valence-electron chi connectivity index (χ3n) is 6.52. The number of aryl methyl sites for hydroxylation is 1. The lowest BCUT2D eigenvalue weighted by molar-refractivity contribution is 0.186. The number of likely N-dealkylation sites (N-methyl/N-ethyl adjacent to an activating group) is 1. The number of piperidine rings is 1. The van der Waals surface area contributed by atoms with Crippen LogP contribution in [0.3, 0.4) is 0 Å². The fourth-order valence-corrected chi connectivity index (χ4v) is 4.62. The van der Waals surface area contributed by atoms with Gasteiger partial charge in [-0.05, 0) is 51.6 Å². The molecular formula is C22H43IN8. The van der Waals surface area contributed by atoms with Crippen LogP contribution in [0.2, 0.25) is 0 Å². The summed E-state index contributed by atoms with van der Waals surface area (Å²) in [5, 5.41) is 15.8. The number of rotatable bonds is 8. The van der Waals surface area contributed by atoms with Crippen molar-refractivity contribution in [3.05, 3.63) is 11.6 Å². The fraction of sp³-hybridized carbons (Fsp3) is 0.864.